The third kappa shape index (κ3) is 7.62. The van der Waals surface area contributed by atoms with Crippen LogP contribution in [0.15, 0.2) is 59.6 Å². The first-order valence-electron chi connectivity index (χ1n) is 12.8. The number of ether oxygens (including phenoxy) is 2. The Bertz CT molecular complexity index is 1260. The molecule has 2 atom stereocenters. The second-order valence-corrected chi connectivity index (χ2v) is 11.2. The number of nitrogens with one attached hydrogen (secondary N) is 1. The third-order valence-electron chi connectivity index (χ3n) is 6.02. The Balaban J connectivity index is 2.06. The van der Waals surface area contributed by atoms with Gasteiger partial charge in [0.15, 0.2) is 0 Å². The molecule has 0 saturated carbocycles. The second-order valence-electron chi connectivity index (χ2n) is 10.2. The van der Waals surface area contributed by atoms with Crippen molar-refractivity contribution in [2.24, 2.45) is 4.99 Å². The molecule has 2 aromatic rings. The van der Waals surface area contributed by atoms with Gasteiger partial charge in [-0.05, 0) is 45.3 Å². The molecular formula is C29H36N4O6S. The van der Waals surface area contributed by atoms with E-state index in [0.717, 1.165) is 10.5 Å². The average Bonchev–Trinajstić information content (AvgIpc) is 3.04. The lowest BCUT2D eigenvalue weighted by Gasteiger charge is -2.30. The minimum atomic E-state index is -1.32. The molecule has 214 valence electrons. The van der Waals surface area contributed by atoms with Crippen LogP contribution in [0, 0.1) is 0 Å². The van der Waals surface area contributed by atoms with Crippen LogP contribution in [0.1, 0.15) is 38.3 Å². The highest BCUT2D eigenvalue weighted by Gasteiger charge is 2.38. The van der Waals surface area contributed by atoms with Gasteiger partial charge in [-0.15, -0.1) is 0 Å². The Labute approximate surface area is 239 Å². The molecule has 2 aromatic carbocycles. The van der Waals surface area contributed by atoms with Crippen LogP contribution in [0.2, 0.25) is 0 Å². The van der Waals surface area contributed by atoms with Gasteiger partial charge >= 0.3 is 12.1 Å². The lowest BCUT2D eigenvalue weighted by atomic mass is 10.0. The number of fused-ring (bicyclic) bond motifs is 1. The first-order valence-corrected chi connectivity index (χ1v) is 14.2. The highest BCUT2D eigenvalue weighted by molar-refractivity contribution is 7.98. The summed E-state index contributed by atoms with van der Waals surface area (Å²) in [6.07, 6.45) is 0.211. The highest BCUT2D eigenvalue weighted by atomic mass is 32.2. The molecule has 0 aliphatic carbocycles. The first-order chi connectivity index (χ1) is 19.0. The van der Waals surface area contributed by atoms with Crippen molar-refractivity contribution < 1.29 is 28.7 Å². The molecule has 1 aliphatic heterocycles. The minimum Gasteiger partial charge on any atom is -0.467 e. The molecule has 11 heteroatoms. The quantitative estimate of drug-likeness (QED) is 0.460. The number of likely N-dealkylation sites (N-methyl/N-ethyl adjacent to an activating group) is 1. The summed E-state index contributed by atoms with van der Waals surface area (Å²) >= 11 is 1.53. The number of carbonyl (C=O) groups excluding carboxylic acids is 4. The molecule has 10 nitrogen and oxygen atoms in total. The van der Waals surface area contributed by atoms with E-state index in [1.54, 1.807) is 32.9 Å². The molecule has 0 aromatic heterocycles. The van der Waals surface area contributed by atoms with Crippen molar-refractivity contribution in [2.75, 3.05) is 37.6 Å². The maximum absolute atomic E-state index is 14.1. The Morgan fingerprint density at radius 3 is 2.38 bits per heavy atom. The number of aliphatic imine (C=N–C) groups is 1. The van der Waals surface area contributed by atoms with Gasteiger partial charge in [-0.2, -0.15) is 11.8 Å². The smallest absolute Gasteiger partial charge is 0.412 e. The summed E-state index contributed by atoms with van der Waals surface area (Å²) in [6, 6.07) is 15.5. The van der Waals surface area contributed by atoms with Crippen molar-refractivity contribution in [3.05, 3.63) is 65.7 Å². The molecule has 0 bridgehead atoms. The van der Waals surface area contributed by atoms with Crippen molar-refractivity contribution in [1.82, 2.24) is 10.2 Å². The van der Waals surface area contributed by atoms with Gasteiger partial charge in [-0.3, -0.25) is 19.4 Å². The van der Waals surface area contributed by atoms with E-state index < -0.39 is 48.2 Å². The number of benzene rings is 2. The van der Waals surface area contributed by atoms with Crippen LogP contribution < -0.4 is 10.2 Å². The minimum absolute atomic E-state index is 0.370. The predicted molar refractivity (Wildman–Crippen MR) is 156 cm³/mol. The lowest BCUT2D eigenvalue weighted by molar-refractivity contribution is -0.145. The number of carbonyl (C=O) groups is 4. The zero-order valence-corrected chi connectivity index (χ0v) is 24.5. The van der Waals surface area contributed by atoms with E-state index in [0.29, 0.717) is 29.1 Å². The van der Waals surface area contributed by atoms with E-state index >= 15 is 0 Å². The van der Waals surface area contributed by atoms with Gasteiger partial charge in [0, 0.05) is 18.2 Å². The molecule has 0 spiro atoms. The standard InChI is InChI=1S/C29H36N4O6S/c1-29(2,3)39-28(37)32(4)25-26(35)33(18-23(34)30-21(16-17-40-6)27(36)38-5)22-15-11-10-14-20(22)24(31-25)19-12-8-7-9-13-19/h7-15,21,25H,16-18H2,1-6H3,(H,30,34)/t21-,25?/m0/s1. The lowest BCUT2D eigenvalue weighted by Crippen LogP contribution is -2.53. The fourth-order valence-corrected chi connectivity index (χ4v) is 4.57. The van der Waals surface area contributed by atoms with Crippen molar-refractivity contribution in [1.29, 1.82) is 0 Å². The molecule has 1 N–H and O–H groups in total. The fraction of sp³-hybridized carbons (Fsp3) is 0.414. The number of hydrogen-bond acceptors (Lipinski definition) is 8. The van der Waals surface area contributed by atoms with Crippen molar-refractivity contribution in [2.45, 2.75) is 45.0 Å². The molecule has 3 amide bonds. The van der Waals surface area contributed by atoms with Crippen LogP contribution in [-0.4, -0.2) is 85.0 Å². The van der Waals surface area contributed by atoms with Gasteiger partial charge in [0.2, 0.25) is 12.1 Å². The van der Waals surface area contributed by atoms with Gasteiger partial charge < -0.3 is 14.8 Å². The SMILES string of the molecule is COC(=O)[C@H](CCSC)NC(=O)CN1C(=O)C(N(C)C(=O)OC(C)(C)C)N=C(c2ccccc2)c2ccccc21. The van der Waals surface area contributed by atoms with Crippen LogP contribution in [0.5, 0.6) is 0 Å². The molecular weight excluding hydrogens is 532 g/mol. The Morgan fingerprint density at radius 1 is 1.10 bits per heavy atom. The second kappa shape index (κ2) is 13.5. The highest BCUT2D eigenvalue weighted by Crippen LogP contribution is 2.29. The van der Waals surface area contributed by atoms with E-state index in [9.17, 15) is 19.2 Å². The Morgan fingerprint density at radius 2 is 1.75 bits per heavy atom. The van der Waals surface area contributed by atoms with E-state index in [1.807, 2.05) is 48.7 Å². The molecule has 1 aliphatic rings. The van der Waals surface area contributed by atoms with E-state index in [4.69, 9.17) is 14.5 Å². The summed E-state index contributed by atoms with van der Waals surface area (Å²) in [7, 11) is 2.70. The number of benzodiazepines with no additional fused rings is 1. The number of thioether (sulfide) groups is 1. The van der Waals surface area contributed by atoms with Gasteiger partial charge in [-0.1, -0.05) is 48.5 Å². The summed E-state index contributed by atoms with van der Waals surface area (Å²) in [4.78, 5) is 59.9. The topological polar surface area (TPSA) is 118 Å². The van der Waals surface area contributed by atoms with E-state index in [-0.39, 0.29) is 0 Å². The zero-order chi connectivity index (χ0) is 29.4. The average molecular weight is 569 g/mol. The van der Waals surface area contributed by atoms with Crippen LogP contribution in [-0.2, 0) is 23.9 Å². The van der Waals surface area contributed by atoms with Gasteiger partial charge in [0.05, 0.1) is 18.5 Å². The van der Waals surface area contributed by atoms with Crippen LogP contribution in [0.4, 0.5) is 10.5 Å². The molecule has 0 fully saturated rings. The van der Waals surface area contributed by atoms with Gasteiger partial charge in [0.1, 0.15) is 18.2 Å². The normalized spacial score (nSPS) is 15.8. The summed E-state index contributed by atoms with van der Waals surface area (Å²) < 4.78 is 10.4. The number of rotatable bonds is 9. The van der Waals surface area contributed by atoms with Gasteiger partial charge in [-0.25, -0.2) is 14.6 Å². The molecule has 1 unspecified atom stereocenters. The van der Waals surface area contributed by atoms with Gasteiger partial charge in [0.25, 0.3) is 5.91 Å². The number of esters is 1. The summed E-state index contributed by atoms with van der Waals surface area (Å²) in [6.45, 7) is 4.79. The monoisotopic (exact) mass is 568 g/mol. The molecule has 3 rings (SSSR count). The van der Waals surface area contributed by atoms with Crippen molar-refractivity contribution >= 4 is 47.0 Å². The summed E-state index contributed by atoms with van der Waals surface area (Å²) in [5.74, 6) is -1.09. The number of para-hydroxylation sites is 1. The molecule has 1 heterocycles. The predicted octanol–water partition coefficient (Wildman–Crippen LogP) is 3.47. The van der Waals surface area contributed by atoms with E-state index in [1.165, 1.54) is 30.8 Å². The Hall–Kier alpha value is -3.86. The number of methoxy groups -OCH3 is 1. The van der Waals surface area contributed by atoms with Crippen LogP contribution in [0.25, 0.3) is 0 Å². The zero-order valence-electron chi connectivity index (χ0n) is 23.7. The molecule has 40 heavy (non-hydrogen) atoms. The number of anilines is 1. The maximum atomic E-state index is 14.1. The van der Waals surface area contributed by atoms with E-state index in [2.05, 4.69) is 5.32 Å². The van der Waals surface area contributed by atoms with Crippen LogP contribution in [0.3, 0.4) is 0 Å². The first kappa shape index (κ1) is 30.7. The third-order valence-corrected chi connectivity index (χ3v) is 6.66. The van der Waals surface area contributed by atoms with Crippen LogP contribution >= 0.6 is 11.8 Å². The Kier molecular flexibility index (Phi) is 10.3. The largest absolute Gasteiger partial charge is 0.467 e. The summed E-state index contributed by atoms with van der Waals surface area (Å²) in [5, 5.41) is 2.70. The number of amides is 3. The maximum Gasteiger partial charge on any atom is 0.412 e. The molecule has 0 saturated heterocycles. The number of hydrogen-bond donors (Lipinski definition) is 1. The fourth-order valence-electron chi connectivity index (χ4n) is 4.10. The molecule has 0 radical (unpaired) electrons. The summed E-state index contributed by atoms with van der Waals surface area (Å²) in [5.41, 5.74) is 1.48. The van der Waals surface area contributed by atoms with Crippen molar-refractivity contribution in [3.8, 4) is 0 Å². The van der Waals surface area contributed by atoms with Crippen molar-refractivity contribution in [3.63, 3.8) is 0 Å². The number of nitrogens with zero attached hydrogens (tertiary/aromatic N) is 3.